The Bertz CT molecular complexity index is 932. The molecule has 1 atom stereocenters. The molecule has 122 valence electrons. The average Bonchev–Trinajstić information content (AvgIpc) is 2.62. The zero-order valence-electron chi connectivity index (χ0n) is 13.6. The third-order valence-electron chi connectivity index (χ3n) is 3.86. The summed E-state index contributed by atoms with van der Waals surface area (Å²) in [4.78, 5) is 28.8. The molecule has 0 aliphatic carbocycles. The molecule has 3 aromatic rings. The van der Waals surface area contributed by atoms with Gasteiger partial charge in [0.05, 0.1) is 17.5 Å². The van der Waals surface area contributed by atoms with Crippen LogP contribution in [-0.2, 0) is 9.53 Å². The molecule has 0 aliphatic heterocycles. The first kappa shape index (κ1) is 15.9. The molecule has 0 fully saturated rings. The minimum atomic E-state index is -0.650. The second-order valence-corrected chi connectivity index (χ2v) is 5.44. The fourth-order valence-electron chi connectivity index (χ4n) is 2.70. The number of benzene rings is 2. The maximum absolute atomic E-state index is 12.4. The molecular weight excluding hydrogens is 304 g/mol. The molecule has 0 amide bonds. The van der Waals surface area contributed by atoms with Crippen molar-refractivity contribution < 1.29 is 9.53 Å². The number of fused-ring (bicyclic) bond motifs is 1. The highest BCUT2D eigenvalue weighted by atomic mass is 16.5. The molecule has 1 heterocycles. The molecule has 5 nitrogen and oxygen atoms in total. The highest BCUT2D eigenvalue weighted by molar-refractivity contribution is 5.82. The number of esters is 1. The summed E-state index contributed by atoms with van der Waals surface area (Å²) in [5, 5.41) is 0.515. The van der Waals surface area contributed by atoms with Crippen molar-refractivity contribution in [1.82, 2.24) is 9.55 Å². The van der Waals surface area contributed by atoms with E-state index in [1.54, 1.807) is 26.0 Å². The molecule has 24 heavy (non-hydrogen) atoms. The van der Waals surface area contributed by atoms with Crippen molar-refractivity contribution in [1.29, 1.82) is 0 Å². The second kappa shape index (κ2) is 6.66. The van der Waals surface area contributed by atoms with Gasteiger partial charge < -0.3 is 4.74 Å². The van der Waals surface area contributed by atoms with E-state index in [1.807, 2.05) is 47.0 Å². The first-order valence-electron chi connectivity index (χ1n) is 7.87. The fraction of sp³-hybridized carbons (Fsp3) is 0.211. The predicted octanol–water partition coefficient (Wildman–Crippen LogP) is 3.05. The van der Waals surface area contributed by atoms with Crippen LogP contribution in [0.3, 0.4) is 0 Å². The summed E-state index contributed by atoms with van der Waals surface area (Å²) < 4.78 is 6.95. The Morgan fingerprint density at radius 1 is 1.12 bits per heavy atom. The smallest absolute Gasteiger partial charge is 0.316 e. The summed E-state index contributed by atoms with van der Waals surface area (Å²) in [6.07, 6.45) is 0. The normalized spacial score (nSPS) is 12.1. The number of hydrogen-bond acceptors (Lipinski definition) is 4. The van der Waals surface area contributed by atoms with Crippen molar-refractivity contribution in [2.24, 2.45) is 0 Å². The van der Waals surface area contributed by atoms with Gasteiger partial charge in [0.25, 0.3) is 5.56 Å². The Hall–Kier alpha value is -2.95. The number of ether oxygens (including phenoxy) is 1. The van der Waals surface area contributed by atoms with E-state index < -0.39 is 11.9 Å². The lowest BCUT2D eigenvalue weighted by Crippen LogP contribution is -2.24. The van der Waals surface area contributed by atoms with Crippen LogP contribution in [-0.4, -0.2) is 22.1 Å². The Labute approximate surface area is 139 Å². The van der Waals surface area contributed by atoms with Crippen LogP contribution >= 0.6 is 0 Å². The van der Waals surface area contributed by atoms with Crippen molar-refractivity contribution >= 4 is 16.9 Å². The topological polar surface area (TPSA) is 61.2 Å². The van der Waals surface area contributed by atoms with Crippen LogP contribution in [0.4, 0.5) is 0 Å². The maximum atomic E-state index is 12.4. The summed E-state index contributed by atoms with van der Waals surface area (Å²) >= 11 is 0. The van der Waals surface area contributed by atoms with Crippen LogP contribution in [0.15, 0.2) is 59.4 Å². The lowest BCUT2D eigenvalue weighted by molar-refractivity contribution is -0.144. The molecule has 0 aliphatic rings. The molecule has 1 unspecified atom stereocenters. The Balaban J connectivity index is 2.32. The van der Waals surface area contributed by atoms with E-state index in [-0.39, 0.29) is 12.2 Å². The summed E-state index contributed by atoms with van der Waals surface area (Å²) in [6, 6.07) is 16.8. The zero-order chi connectivity index (χ0) is 17.1. The lowest BCUT2D eigenvalue weighted by atomic mass is 10.1. The summed E-state index contributed by atoms with van der Waals surface area (Å²) in [5.41, 5.74) is 1.21. The first-order valence-corrected chi connectivity index (χ1v) is 7.87. The third-order valence-corrected chi connectivity index (χ3v) is 3.86. The SMILES string of the molecule is CCOC(=O)C(C)c1nc(=O)c2ccccc2n1-c1ccccc1. The fourth-order valence-corrected chi connectivity index (χ4v) is 2.70. The number of hydrogen-bond donors (Lipinski definition) is 0. The van der Waals surface area contributed by atoms with Gasteiger partial charge in [-0.15, -0.1) is 0 Å². The van der Waals surface area contributed by atoms with E-state index in [2.05, 4.69) is 4.98 Å². The van der Waals surface area contributed by atoms with E-state index in [4.69, 9.17) is 4.74 Å². The van der Waals surface area contributed by atoms with Crippen LogP contribution in [0.25, 0.3) is 16.6 Å². The van der Waals surface area contributed by atoms with Crippen molar-refractivity contribution in [3.05, 3.63) is 70.8 Å². The van der Waals surface area contributed by atoms with Gasteiger partial charge in [-0.05, 0) is 38.1 Å². The van der Waals surface area contributed by atoms with Gasteiger partial charge in [0.15, 0.2) is 0 Å². The summed E-state index contributed by atoms with van der Waals surface area (Å²) in [5.74, 6) is -0.671. The van der Waals surface area contributed by atoms with Crippen molar-refractivity contribution in [3.8, 4) is 5.69 Å². The molecule has 0 bridgehead atoms. The van der Waals surface area contributed by atoms with Gasteiger partial charge in [0, 0.05) is 5.69 Å². The standard InChI is InChI=1S/C19H18N2O3/c1-3-24-19(23)13(2)17-20-18(22)15-11-7-8-12-16(15)21(17)14-9-5-4-6-10-14/h4-13H,3H2,1-2H3. The van der Waals surface area contributed by atoms with Gasteiger partial charge >= 0.3 is 5.97 Å². The van der Waals surface area contributed by atoms with Crippen LogP contribution in [0.1, 0.15) is 25.6 Å². The molecular formula is C19H18N2O3. The van der Waals surface area contributed by atoms with Gasteiger partial charge in [-0.25, -0.2) is 0 Å². The minimum Gasteiger partial charge on any atom is -0.465 e. The van der Waals surface area contributed by atoms with Gasteiger partial charge in [0.2, 0.25) is 0 Å². The van der Waals surface area contributed by atoms with Crippen molar-refractivity contribution in [2.45, 2.75) is 19.8 Å². The number of carbonyl (C=O) groups excluding carboxylic acids is 1. The number of nitrogens with zero attached hydrogens (tertiary/aromatic N) is 2. The van der Waals surface area contributed by atoms with Crippen LogP contribution < -0.4 is 5.56 Å². The Kier molecular flexibility index (Phi) is 4.42. The van der Waals surface area contributed by atoms with E-state index in [0.29, 0.717) is 11.2 Å². The van der Waals surface area contributed by atoms with Crippen molar-refractivity contribution in [3.63, 3.8) is 0 Å². The van der Waals surface area contributed by atoms with Crippen molar-refractivity contribution in [2.75, 3.05) is 6.61 Å². The molecule has 2 aromatic carbocycles. The number of aromatic nitrogens is 2. The van der Waals surface area contributed by atoms with Gasteiger partial charge in [0.1, 0.15) is 11.7 Å². The Morgan fingerprint density at radius 3 is 2.50 bits per heavy atom. The lowest BCUT2D eigenvalue weighted by Gasteiger charge is -2.19. The van der Waals surface area contributed by atoms with Crippen LogP contribution in [0, 0.1) is 0 Å². The third kappa shape index (κ3) is 2.80. The molecule has 0 radical (unpaired) electrons. The van der Waals surface area contributed by atoms with E-state index in [9.17, 15) is 9.59 Å². The molecule has 1 aromatic heterocycles. The predicted molar refractivity (Wildman–Crippen MR) is 92.4 cm³/mol. The van der Waals surface area contributed by atoms with E-state index in [0.717, 1.165) is 11.2 Å². The monoisotopic (exact) mass is 322 g/mol. The second-order valence-electron chi connectivity index (χ2n) is 5.44. The number of rotatable bonds is 4. The molecule has 0 saturated heterocycles. The van der Waals surface area contributed by atoms with Gasteiger partial charge in [-0.2, -0.15) is 4.98 Å². The largest absolute Gasteiger partial charge is 0.465 e. The maximum Gasteiger partial charge on any atom is 0.316 e. The van der Waals surface area contributed by atoms with Crippen LogP contribution in [0.5, 0.6) is 0 Å². The zero-order valence-corrected chi connectivity index (χ0v) is 13.6. The summed E-state index contributed by atoms with van der Waals surface area (Å²) in [7, 11) is 0. The molecule has 0 N–H and O–H groups in total. The van der Waals surface area contributed by atoms with Gasteiger partial charge in [-0.1, -0.05) is 30.3 Å². The first-order chi connectivity index (χ1) is 11.6. The highest BCUT2D eigenvalue weighted by Gasteiger charge is 2.24. The Morgan fingerprint density at radius 2 is 1.79 bits per heavy atom. The van der Waals surface area contributed by atoms with Gasteiger partial charge in [-0.3, -0.25) is 14.2 Å². The summed E-state index contributed by atoms with van der Waals surface area (Å²) in [6.45, 7) is 3.74. The van der Waals surface area contributed by atoms with E-state index >= 15 is 0 Å². The molecule has 0 spiro atoms. The quantitative estimate of drug-likeness (QED) is 0.693. The molecule has 3 rings (SSSR count). The number of para-hydroxylation sites is 2. The molecule has 5 heteroatoms. The van der Waals surface area contributed by atoms with E-state index in [1.165, 1.54) is 0 Å². The minimum absolute atomic E-state index is 0.284. The average molecular weight is 322 g/mol. The molecule has 0 saturated carbocycles. The highest BCUT2D eigenvalue weighted by Crippen LogP contribution is 2.23. The van der Waals surface area contributed by atoms with Crippen LogP contribution in [0.2, 0.25) is 0 Å². The number of carbonyl (C=O) groups is 1.